The molecule has 0 aliphatic heterocycles. The molecule has 0 aliphatic rings. The van der Waals surface area contributed by atoms with Crippen LogP contribution in [-0.4, -0.2) is 10.7 Å². The maximum atomic E-state index is 13.0. The van der Waals surface area contributed by atoms with Crippen molar-refractivity contribution in [3.05, 3.63) is 38.7 Å². The van der Waals surface area contributed by atoms with Gasteiger partial charge in [-0.15, -0.1) is 0 Å². The number of nitro benzene ring substituents is 1. The minimum absolute atomic E-state index is 0.0604. The molecule has 1 rings (SSSR count). The van der Waals surface area contributed by atoms with Crippen LogP contribution in [0.1, 0.15) is 17.3 Å². The fraction of sp³-hybridized carbons (Fsp3) is 0.125. The van der Waals surface area contributed by atoms with Gasteiger partial charge < -0.3 is 0 Å². The van der Waals surface area contributed by atoms with Gasteiger partial charge in [0.05, 0.1) is 9.95 Å². The molecule has 0 unspecified atom stereocenters. The van der Waals surface area contributed by atoms with E-state index >= 15 is 0 Å². The Morgan fingerprint density at radius 3 is 2.57 bits per heavy atom. The first-order valence-electron chi connectivity index (χ1n) is 3.58. The third kappa shape index (κ3) is 1.88. The monoisotopic (exact) mass is 217 g/mol. The van der Waals surface area contributed by atoms with Crippen LogP contribution in [-0.2, 0) is 0 Å². The first-order chi connectivity index (χ1) is 6.43. The van der Waals surface area contributed by atoms with Crippen molar-refractivity contribution in [3.63, 3.8) is 0 Å². The van der Waals surface area contributed by atoms with E-state index < -0.39 is 22.2 Å². The summed E-state index contributed by atoms with van der Waals surface area (Å²) in [6.07, 6.45) is 0. The zero-order chi connectivity index (χ0) is 10.9. The predicted molar refractivity (Wildman–Crippen MR) is 48.1 cm³/mol. The summed E-state index contributed by atoms with van der Waals surface area (Å²) in [5.74, 6) is -1.51. The van der Waals surface area contributed by atoms with Crippen LogP contribution in [0, 0.1) is 15.9 Å². The molecule has 0 amide bonds. The highest BCUT2D eigenvalue weighted by Gasteiger charge is 2.18. The maximum absolute atomic E-state index is 13.0. The van der Waals surface area contributed by atoms with E-state index in [1.54, 1.807) is 0 Å². The number of carbonyl (C=O) groups is 1. The summed E-state index contributed by atoms with van der Waals surface area (Å²) in [7, 11) is 0. The molecule has 74 valence electrons. The Hall–Kier alpha value is -1.49. The number of nitrogens with zero attached hydrogens (tertiary/aromatic N) is 1. The van der Waals surface area contributed by atoms with Crippen molar-refractivity contribution in [1.82, 2.24) is 0 Å². The first kappa shape index (κ1) is 10.6. The molecular formula is C8H5ClFNO3. The smallest absolute Gasteiger partial charge is 0.294 e. The van der Waals surface area contributed by atoms with E-state index in [2.05, 4.69) is 0 Å². The number of ketones is 1. The van der Waals surface area contributed by atoms with Gasteiger partial charge in [0.15, 0.2) is 5.78 Å². The predicted octanol–water partition coefficient (Wildman–Crippen LogP) is 2.59. The van der Waals surface area contributed by atoms with Gasteiger partial charge in [-0.3, -0.25) is 14.9 Å². The summed E-state index contributed by atoms with van der Waals surface area (Å²) < 4.78 is 13.0. The number of halogens is 2. The van der Waals surface area contributed by atoms with Crippen LogP contribution in [0.4, 0.5) is 10.1 Å². The summed E-state index contributed by atoms with van der Waals surface area (Å²) in [4.78, 5) is 20.3. The standard InChI is InChI=1S/C8H5ClFNO3/c1-4(12)5-2-7(10)8(11(13)14)3-6(5)9/h2-3H,1H3. The summed E-state index contributed by atoms with van der Waals surface area (Å²) in [5, 5.41) is 10.2. The van der Waals surface area contributed by atoms with E-state index in [1.165, 1.54) is 6.92 Å². The Kier molecular flexibility index (Phi) is 2.81. The molecule has 0 radical (unpaired) electrons. The van der Waals surface area contributed by atoms with E-state index in [4.69, 9.17) is 11.6 Å². The van der Waals surface area contributed by atoms with Crippen LogP contribution in [0.15, 0.2) is 12.1 Å². The maximum Gasteiger partial charge on any atom is 0.306 e. The van der Waals surface area contributed by atoms with E-state index in [0.29, 0.717) is 0 Å². The number of Topliss-reactive ketones (excluding diaryl/α,β-unsaturated/α-hetero) is 1. The molecule has 0 saturated carbocycles. The summed E-state index contributed by atoms with van der Waals surface area (Å²) >= 11 is 5.55. The third-order valence-electron chi connectivity index (χ3n) is 1.61. The zero-order valence-electron chi connectivity index (χ0n) is 7.08. The van der Waals surface area contributed by atoms with Crippen molar-refractivity contribution >= 4 is 23.1 Å². The molecule has 0 fully saturated rings. The fourth-order valence-electron chi connectivity index (χ4n) is 0.946. The van der Waals surface area contributed by atoms with Gasteiger partial charge in [-0.1, -0.05) is 11.6 Å². The van der Waals surface area contributed by atoms with Gasteiger partial charge in [-0.05, 0) is 13.0 Å². The van der Waals surface area contributed by atoms with Gasteiger partial charge >= 0.3 is 5.69 Å². The van der Waals surface area contributed by atoms with Gasteiger partial charge in [-0.25, -0.2) is 0 Å². The van der Waals surface area contributed by atoms with Crippen LogP contribution >= 0.6 is 11.6 Å². The van der Waals surface area contributed by atoms with Gasteiger partial charge in [-0.2, -0.15) is 4.39 Å². The Morgan fingerprint density at radius 2 is 2.14 bits per heavy atom. The van der Waals surface area contributed by atoms with Crippen molar-refractivity contribution in [1.29, 1.82) is 0 Å². The van der Waals surface area contributed by atoms with Crippen LogP contribution in [0.5, 0.6) is 0 Å². The molecule has 0 atom stereocenters. The summed E-state index contributed by atoms with van der Waals surface area (Å²) in [6.45, 7) is 1.20. The minimum atomic E-state index is -1.07. The normalized spacial score (nSPS) is 9.93. The fourth-order valence-corrected chi connectivity index (χ4v) is 1.24. The molecule has 0 spiro atoms. The molecule has 0 aliphatic carbocycles. The lowest BCUT2D eigenvalue weighted by Crippen LogP contribution is -1.99. The van der Waals surface area contributed by atoms with Gasteiger partial charge in [0.2, 0.25) is 5.82 Å². The Bertz CT molecular complexity index is 380. The lowest BCUT2D eigenvalue weighted by molar-refractivity contribution is -0.387. The second-order valence-corrected chi connectivity index (χ2v) is 3.00. The number of hydrogen-bond donors (Lipinski definition) is 0. The van der Waals surface area contributed by atoms with Crippen molar-refractivity contribution in [2.45, 2.75) is 6.92 Å². The van der Waals surface area contributed by atoms with Crippen molar-refractivity contribution in [3.8, 4) is 0 Å². The molecule has 4 nitrogen and oxygen atoms in total. The zero-order valence-corrected chi connectivity index (χ0v) is 7.84. The molecule has 1 aromatic carbocycles. The highest BCUT2D eigenvalue weighted by atomic mass is 35.5. The Morgan fingerprint density at radius 1 is 1.57 bits per heavy atom. The molecule has 14 heavy (non-hydrogen) atoms. The Balaban J connectivity index is 3.38. The quantitative estimate of drug-likeness (QED) is 0.435. The average Bonchev–Trinajstić information content (AvgIpc) is 2.07. The highest BCUT2D eigenvalue weighted by molar-refractivity contribution is 6.34. The molecule has 1 aromatic rings. The van der Waals surface area contributed by atoms with Gasteiger partial charge in [0, 0.05) is 11.6 Å². The topological polar surface area (TPSA) is 60.2 Å². The van der Waals surface area contributed by atoms with E-state index in [9.17, 15) is 19.3 Å². The number of nitro groups is 1. The third-order valence-corrected chi connectivity index (χ3v) is 1.93. The molecule has 0 saturated heterocycles. The minimum Gasteiger partial charge on any atom is -0.294 e. The molecule has 0 heterocycles. The largest absolute Gasteiger partial charge is 0.306 e. The van der Waals surface area contributed by atoms with Crippen LogP contribution < -0.4 is 0 Å². The van der Waals surface area contributed by atoms with Crippen LogP contribution in [0.2, 0.25) is 5.02 Å². The number of carbonyl (C=O) groups excluding carboxylic acids is 1. The lowest BCUT2D eigenvalue weighted by Gasteiger charge is -2.00. The van der Waals surface area contributed by atoms with E-state index in [-0.39, 0.29) is 10.6 Å². The summed E-state index contributed by atoms with van der Waals surface area (Å²) in [5.41, 5.74) is -0.797. The van der Waals surface area contributed by atoms with Crippen LogP contribution in [0.3, 0.4) is 0 Å². The van der Waals surface area contributed by atoms with E-state index in [1.807, 2.05) is 0 Å². The SMILES string of the molecule is CC(=O)c1cc(F)c([N+](=O)[O-])cc1Cl. The van der Waals surface area contributed by atoms with Gasteiger partial charge in [0.25, 0.3) is 0 Å². The lowest BCUT2D eigenvalue weighted by atomic mass is 10.1. The second-order valence-electron chi connectivity index (χ2n) is 2.60. The number of benzene rings is 1. The van der Waals surface area contributed by atoms with Gasteiger partial charge in [0.1, 0.15) is 0 Å². The Labute approximate surface area is 83.4 Å². The molecule has 0 N–H and O–H groups in total. The summed E-state index contributed by atoms with van der Waals surface area (Å²) in [6, 6.07) is 1.59. The van der Waals surface area contributed by atoms with Crippen molar-refractivity contribution in [2.75, 3.05) is 0 Å². The number of hydrogen-bond acceptors (Lipinski definition) is 3. The second kappa shape index (κ2) is 3.71. The molecule has 0 aromatic heterocycles. The number of rotatable bonds is 2. The molecule has 6 heteroatoms. The van der Waals surface area contributed by atoms with Crippen LogP contribution in [0.25, 0.3) is 0 Å². The highest BCUT2D eigenvalue weighted by Crippen LogP contribution is 2.26. The molecular weight excluding hydrogens is 213 g/mol. The van der Waals surface area contributed by atoms with Crippen molar-refractivity contribution < 1.29 is 14.1 Å². The van der Waals surface area contributed by atoms with Crippen molar-refractivity contribution in [2.24, 2.45) is 0 Å². The average molecular weight is 218 g/mol. The van der Waals surface area contributed by atoms with E-state index in [0.717, 1.165) is 12.1 Å². The molecule has 0 bridgehead atoms. The first-order valence-corrected chi connectivity index (χ1v) is 3.95.